The molecule has 1 aliphatic carbocycles. The summed E-state index contributed by atoms with van der Waals surface area (Å²) < 4.78 is 9.66. The molecule has 0 unspecified atom stereocenters. The van der Waals surface area contributed by atoms with E-state index in [1.165, 1.54) is 23.3 Å². The van der Waals surface area contributed by atoms with E-state index < -0.39 is 5.97 Å². The minimum atomic E-state index is -0.464. The lowest BCUT2D eigenvalue weighted by molar-refractivity contribution is -0.146. The molecule has 0 fully saturated rings. The molecule has 7 nitrogen and oxygen atoms in total. The van der Waals surface area contributed by atoms with Gasteiger partial charge in [0.1, 0.15) is 17.7 Å². The van der Waals surface area contributed by atoms with Crippen LogP contribution in [0.3, 0.4) is 0 Å². The number of hydrogen-bond donors (Lipinski definition) is 2. The van der Waals surface area contributed by atoms with Gasteiger partial charge in [0.25, 0.3) is 0 Å². The molecule has 1 aromatic heterocycles. The first-order valence-electron chi connectivity index (χ1n) is 8.35. The molecule has 0 bridgehead atoms. The Hall–Kier alpha value is -2.02. The van der Waals surface area contributed by atoms with Crippen LogP contribution in [-0.2, 0) is 31.9 Å². The lowest BCUT2D eigenvalue weighted by atomic mass is 9.96. The normalized spacial score (nSPS) is 12.6. The maximum atomic E-state index is 11.9. The molecule has 0 aliphatic heterocycles. The number of methoxy groups -OCH3 is 1. The summed E-state index contributed by atoms with van der Waals surface area (Å²) in [5.41, 5.74) is 1.71. The first-order valence-corrected chi connectivity index (χ1v) is 9.57. The predicted molar refractivity (Wildman–Crippen MR) is 102 cm³/mol. The van der Waals surface area contributed by atoms with Gasteiger partial charge in [0, 0.05) is 18.4 Å². The quantitative estimate of drug-likeness (QED) is 0.415. The molecule has 2 N–H and O–H groups in total. The second-order valence-electron chi connectivity index (χ2n) is 5.74. The average Bonchev–Trinajstić information content (AvgIpc) is 2.96. The third-order valence-electron chi connectivity index (χ3n) is 3.87. The number of aryl methyl sites for hydroxylation is 1. The molecule has 1 aromatic rings. The minimum Gasteiger partial charge on any atom is -0.463 e. The van der Waals surface area contributed by atoms with Crippen molar-refractivity contribution < 1.29 is 19.1 Å². The predicted octanol–water partition coefficient (Wildman–Crippen LogP) is 2.28. The first kappa shape index (κ1) is 20.3. The van der Waals surface area contributed by atoms with Gasteiger partial charge in [0.05, 0.1) is 18.6 Å². The number of anilines is 1. The molecule has 0 saturated carbocycles. The van der Waals surface area contributed by atoms with Crippen LogP contribution in [0.5, 0.6) is 0 Å². The number of rotatable bonds is 7. The summed E-state index contributed by atoms with van der Waals surface area (Å²) in [6.07, 6.45) is 4.02. The van der Waals surface area contributed by atoms with E-state index in [-0.39, 0.29) is 30.5 Å². The first-order chi connectivity index (χ1) is 12.5. The molecule has 1 amide bonds. The highest BCUT2D eigenvalue weighted by molar-refractivity contribution is 7.80. The smallest absolute Gasteiger partial charge is 0.306 e. The molecule has 0 spiro atoms. The van der Waals surface area contributed by atoms with Gasteiger partial charge in [0.15, 0.2) is 5.11 Å². The highest BCUT2D eigenvalue weighted by Crippen LogP contribution is 2.37. The molecule has 26 heavy (non-hydrogen) atoms. The summed E-state index contributed by atoms with van der Waals surface area (Å²) in [6.45, 7) is 0.481. The van der Waals surface area contributed by atoms with E-state index in [1.807, 2.05) is 0 Å². The fourth-order valence-electron chi connectivity index (χ4n) is 2.62. The number of nitrogens with one attached hydrogen (secondary N) is 2. The van der Waals surface area contributed by atoms with Gasteiger partial charge < -0.3 is 20.1 Å². The zero-order valence-corrected chi connectivity index (χ0v) is 16.2. The van der Waals surface area contributed by atoms with Gasteiger partial charge in [-0.05, 0) is 43.5 Å². The Morgan fingerprint density at radius 1 is 1.27 bits per heavy atom. The SMILES string of the molecule is COCCOC(=O)CCC(=O)NC(=S)Nc1sc2c(c1C#N)CCCC2. The lowest BCUT2D eigenvalue weighted by Gasteiger charge is -2.10. The summed E-state index contributed by atoms with van der Waals surface area (Å²) in [4.78, 5) is 24.6. The molecule has 0 saturated heterocycles. The molecule has 1 aliphatic rings. The van der Waals surface area contributed by atoms with Crippen LogP contribution in [0.2, 0.25) is 0 Å². The minimum absolute atomic E-state index is 0.0281. The fraction of sp³-hybridized carbons (Fsp3) is 0.529. The Bertz CT molecular complexity index is 724. The zero-order valence-electron chi connectivity index (χ0n) is 14.6. The van der Waals surface area contributed by atoms with Crippen LogP contribution in [0.15, 0.2) is 0 Å². The summed E-state index contributed by atoms with van der Waals surface area (Å²) in [6, 6.07) is 2.23. The van der Waals surface area contributed by atoms with Gasteiger partial charge in [-0.3, -0.25) is 9.59 Å². The van der Waals surface area contributed by atoms with Crippen LogP contribution < -0.4 is 10.6 Å². The van der Waals surface area contributed by atoms with Crippen molar-refractivity contribution in [3.8, 4) is 6.07 Å². The zero-order chi connectivity index (χ0) is 18.9. The Morgan fingerprint density at radius 2 is 2.04 bits per heavy atom. The Labute approximate surface area is 161 Å². The number of carbonyl (C=O) groups excluding carboxylic acids is 2. The number of nitrogens with zero attached hydrogens (tertiary/aromatic N) is 1. The van der Waals surface area contributed by atoms with Crippen molar-refractivity contribution in [2.45, 2.75) is 38.5 Å². The maximum Gasteiger partial charge on any atom is 0.306 e. The third-order valence-corrected chi connectivity index (χ3v) is 5.28. The topological polar surface area (TPSA) is 100 Å². The monoisotopic (exact) mass is 395 g/mol. The second kappa shape index (κ2) is 10.2. The van der Waals surface area contributed by atoms with Crippen molar-refractivity contribution in [1.82, 2.24) is 5.32 Å². The molecule has 2 rings (SSSR count). The number of thiophene rings is 1. The highest BCUT2D eigenvalue weighted by Gasteiger charge is 2.21. The Balaban J connectivity index is 1.81. The number of thiocarbonyl (C=S) groups is 1. The van der Waals surface area contributed by atoms with Crippen molar-refractivity contribution in [3.63, 3.8) is 0 Å². The molecule has 0 atom stereocenters. The second-order valence-corrected chi connectivity index (χ2v) is 7.26. The van der Waals surface area contributed by atoms with E-state index in [2.05, 4.69) is 16.7 Å². The number of ether oxygens (including phenoxy) is 2. The fourth-order valence-corrected chi connectivity index (χ4v) is 4.15. The highest BCUT2D eigenvalue weighted by atomic mass is 32.1. The molecule has 0 radical (unpaired) electrons. The van der Waals surface area contributed by atoms with E-state index in [1.54, 1.807) is 0 Å². The summed E-state index contributed by atoms with van der Waals surface area (Å²) >= 11 is 6.66. The van der Waals surface area contributed by atoms with Crippen molar-refractivity contribution in [1.29, 1.82) is 5.26 Å². The van der Waals surface area contributed by atoms with Crippen molar-refractivity contribution in [3.05, 3.63) is 16.0 Å². The number of amides is 1. The average molecular weight is 396 g/mol. The van der Waals surface area contributed by atoms with Gasteiger partial charge in [-0.2, -0.15) is 5.26 Å². The van der Waals surface area contributed by atoms with Gasteiger partial charge in [-0.25, -0.2) is 0 Å². The Kier molecular flexibility index (Phi) is 7.97. The molecule has 1 heterocycles. The van der Waals surface area contributed by atoms with E-state index in [0.29, 0.717) is 17.2 Å². The van der Waals surface area contributed by atoms with Gasteiger partial charge in [-0.15, -0.1) is 11.3 Å². The van der Waals surface area contributed by atoms with Gasteiger partial charge in [0.2, 0.25) is 5.91 Å². The van der Waals surface area contributed by atoms with E-state index >= 15 is 0 Å². The van der Waals surface area contributed by atoms with Crippen LogP contribution in [0.1, 0.15) is 41.7 Å². The molecule has 0 aromatic carbocycles. The van der Waals surface area contributed by atoms with E-state index in [4.69, 9.17) is 21.7 Å². The van der Waals surface area contributed by atoms with Crippen molar-refractivity contribution in [2.75, 3.05) is 25.6 Å². The number of esters is 1. The standard InChI is InChI=1S/C17H21N3O4S2/c1-23-8-9-24-15(22)7-6-14(21)19-17(25)20-16-12(10-18)11-4-2-3-5-13(11)26-16/h2-9H2,1H3,(H2,19,20,21,25). The number of hydrogen-bond acceptors (Lipinski definition) is 7. The summed E-state index contributed by atoms with van der Waals surface area (Å²) in [5.74, 6) is -0.847. The van der Waals surface area contributed by atoms with Crippen LogP contribution in [-0.4, -0.2) is 37.3 Å². The maximum absolute atomic E-state index is 11.9. The number of fused-ring (bicyclic) bond motifs is 1. The lowest BCUT2D eigenvalue weighted by Crippen LogP contribution is -2.34. The van der Waals surface area contributed by atoms with E-state index in [0.717, 1.165) is 31.2 Å². The van der Waals surface area contributed by atoms with Crippen LogP contribution in [0.4, 0.5) is 5.00 Å². The summed E-state index contributed by atoms with van der Waals surface area (Å²) in [7, 11) is 1.51. The van der Waals surface area contributed by atoms with Crippen molar-refractivity contribution in [2.24, 2.45) is 0 Å². The number of carbonyl (C=O) groups is 2. The molecule has 9 heteroatoms. The van der Waals surface area contributed by atoms with Crippen molar-refractivity contribution >= 4 is 45.5 Å². The van der Waals surface area contributed by atoms with E-state index in [9.17, 15) is 14.9 Å². The van der Waals surface area contributed by atoms with Gasteiger partial charge >= 0.3 is 5.97 Å². The Morgan fingerprint density at radius 3 is 2.77 bits per heavy atom. The van der Waals surface area contributed by atoms with Crippen LogP contribution >= 0.6 is 23.6 Å². The van der Waals surface area contributed by atoms with Crippen LogP contribution in [0.25, 0.3) is 0 Å². The third kappa shape index (κ3) is 5.76. The summed E-state index contributed by atoms with van der Waals surface area (Å²) in [5, 5.41) is 15.7. The molecular weight excluding hydrogens is 374 g/mol. The largest absolute Gasteiger partial charge is 0.463 e. The van der Waals surface area contributed by atoms with Gasteiger partial charge in [-0.1, -0.05) is 0 Å². The molecular formula is C17H21N3O4S2. The van der Waals surface area contributed by atoms with Crippen LogP contribution in [0, 0.1) is 11.3 Å². The number of nitriles is 1. The molecule has 140 valence electrons.